The van der Waals surface area contributed by atoms with Crippen LogP contribution in [-0.4, -0.2) is 10.2 Å². The van der Waals surface area contributed by atoms with Gasteiger partial charge in [-0.05, 0) is 0 Å². The van der Waals surface area contributed by atoms with Crippen molar-refractivity contribution in [2.24, 2.45) is 5.73 Å². The number of aromatic amines is 1. The van der Waals surface area contributed by atoms with E-state index >= 15 is 0 Å². The molecule has 0 aliphatic rings. The lowest BCUT2D eigenvalue weighted by molar-refractivity contribution is 0.949. The molecule has 1 aromatic rings. The van der Waals surface area contributed by atoms with Crippen LogP contribution in [0.25, 0.3) is 0 Å². The molecule has 4 nitrogen and oxygen atoms in total. The molecule has 0 saturated heterocycles. The third-order valence-corrected chi connectivity index (χ3v) is 0.956. The summed E-state index contributed by atoms with van der Waals surface area (Å²) in [5, 5.41) is 6.32. The smallest absolute Gasteiger partial charge is 0.0743 e. The van der Waals surface area contributed by atoms with Gasteiger partial charge in [0.2, 0.25) is 0 Å². The standard InChI is InChI=1S/C4H8N4/c5-1-4-3(6)2-7-8-4/h2H,1,5-6H2,(H,7,8). The molecule has 1 aromatic heterocycles. The Bertz CT molecular complexity index is 168. The summed E-state index contributed by atoms with van der Waals surface area (Å²) in [6.45, 7) is 0.422. The summed E-state index contributed by atoms with van der Waals surface area (Å²) in [6, 6.07) is 0. The molecule has 1 heterocycles. The van der Waals surface area contributed by atoms with Crippen LogP contribution in [-0.2, 0) is 6.54 Å². The molecule has 0 aliphatic heterocycles. The second-order valence-corrected chi connectivity index (χ2v) is 1.51. The van der Waals surface area contributed by atoms with E-state index in [1.54, 1.807) is 6.20 Å². The van der Waals surface area contributed by atoms with Gasteiger partial charge in [-0.3, -0.25) is 5.10 Å². The number of rotatable bonds is 1. The van der Waals surface area contributed by atoms with Gasteiger partial charge in [0.05, 0.1) is 17.6 Å². The Morgan fingerprint density at radius 1 is 1.75 bits per heavy atom. The quantitative estimate of drug-likeness (QED) is 0.456. The number of nitrogens with two attached hydrogens (primary N) is 2. The molecule has 4 heteroatoms. The SMILES string of the molecule is NCc1[nH]ncc1N. The lowest BCUT2D eigenvalue weighted by Gasteiger charge is -1.87. The van der Waals surface area contributed by atoms with Crippen molar-refractivity contribution in [3.8, 4) is 0 Å². The summed E-state index contributed by atoms with van der Waals surface area (Å²) in [7, 11) is 0. The Kier molecular flexibility index (Phi) is 1.17. The molecule has 44 valence electrons. The molecule has 0 atom stereocenters. The van der Waals surface area contributed by atoms with E-state index in [0.29, 0.717) is 12.2 Å². The van der Waals surface area contributed by atoms with Gasteiger partial charge in [-0.1, -0.05) is 0 Å². The summed E-state index contributed by atoms with van der Waals surface area (Å²) in [5.74, 6) is 0. The molecule has 8 heavy (non-hydrogen) atoms. The van der Waals surface area contributed by atoms with E-state index in [1.807, 2.05) is 0 Å². The fraction of sp³-hybridized carbons (Fsp3) is 0.250. The maximum atomic E-state index is 5.38. The zero-order valence-electron chi connectivity index (χ0n) is 4.39. The number of hydrogen-bond acceptors (Lipinski definition) is 3. The van der Waals surface area contributed by atoms with Crippen LogP contribution in [0, 0.1) is 0 Å². The first-order chi connectivity index (χ1) is 3.84. The van der Waals surface area contributed by atoms with Crippen LogP contribution in [0.1, 0.15) is 5.69 Å². The van der Waals surface area contributed by atoms with Crippen molar-refractivity contribution in [2.45, 2.75) is 6.54 Å². The van der Waals surface area contributed by atoms with E-state index in [-0.39, 0.29) is 0 Å². The molecular formula is C4H8N4. The van der Waals surface area contributed by atoms with Crippen LogP contribution >= 0.6 is 0 Å². The summed E-state index contributed by atoms with van der Waals surface area (Å²) in [5.41, 5.74) is 12.0. The van der Waals surface area contributed by atoms with Gasteiger partial charge in [-0.2, -0.15) is 5.10 Å². The number of H-pyrrole nitrogens is 1. The topological polar surface area (TPSA) is 80.7 Å². The predicted molar refractivity (Wildman–Crippen MR) is 30.9 cm³/mol. The van der Waals surface area contributed by atoms with Gasteiger partial charge in [-0.25, -0.2) is 0 Å². The molecule has 5 N–H and O–H groups in total. The predicted octanol–water partition coefficient (Wildman–Crippen LogP) is -0.549. The zero-order chi connectivity index (χ0) is 5.98. The number of anilines is 1. The van der Waals surface area contributed by atoms with Crippen molar-refractivity contribution in [1.29, 1.82) is 0 Å². The second kappa shape index (κ2) is 1.83. The number of nitrogens with zero attached hydrogens (tertiary/aromatic N) is 1. The summed E-state index contributed by atoms with van der Waals surface area (Å²) in [4.78, 5) is 0. The van der Waals surface area contributed by atoms with Crippen molar-refractivity contribution < 1.29 is 0 Å². The maximum Gasteiger partial charge on any atom is 0.0743 e. The number of aromatic nitrogens is 2. The van der Waals surface area contributed by atoms with Gasteiger partial charge in [0.1, 0.15) is 0 Å². The first-order valence-electron chi connectivity index (χ1n) is 2.32. The Labute approximate surface area is 46.9 Å². The van der Waals surface area contributed by atoms with Gasteiger partial charge in [-0.15, -0.1) is 0 Å². The molecule has 0 spiro atoms. The Balaban J connectivity index is 2.92. The molecule has 0 radical (unpaired) electrons. The molecule has 0 aliphatic carbocycles. The van der Waals surface area contributed by atoms with Crippen LogP contribution in [0.2, 0.25) is 0 Å². The lowest BCUT2D eigenvalue weighted by atomic mass is 10.4. The van der Waals surface area contributed by atoms with Crippen molar-refractivity contribution in [3.63, 3.8) is 0 Å². The lowest BCUT2D eigenvalue weighted by Crippen LogP contribution is -1.99. The molecular weight excluding hydrogens is 104 g/mol. The van der Waals surface area contributed by atoms with E-state index in [2.05, 4.69) is 10.2 Å². The van der Waals surface area contributed by atoms with Crippen LogP contribution in [0.5, 0.6) is 0 Å². The monoisotopic (exact) mass is 112 g/mol. The Morgan fingerprint density at radius 2 is 2.50 bits per heavy atom. The van der Waals surface area contributed by atoms with Gasteiger partial charge < -0.3 is 11.5 Å². The van der Waals surface area contributed by atoms with Crippen LogP contribution in [0.4, 0.5) is 5.69 Å². The van der Waals surface area contributed by atoms with Gasteiger partial charge in [0.15, 0.2) is 0 Å². The van der Waals surface area contributed by atoms with E-state index in [9.17, 15) is 0 Å². The summed E-state index contributed by atoms with van der Waals surface area (Å²) < 4.78 is 0. The molecule has 0 fully saturated rings. The highest BCUT2D eigenvalue weighted by atomic mass is 15.1. The third-order valence-electron chi connectivity index (χ3n) is 0.956. The summed E-state index contributed by atoms with van der Waals surface area (Å²) >= 11 is 0. The number of hydrogen-bond donors (Lipinski definition) is 3. The first-order valence-corrected chi connectivity index (χ1v) is 2.32. The van der Waals surface area contributed by atoms with Crippen LogP contribution in [0.15, 0.2) is 6.20 Å². The highest BCUT2D eigenvalue weighted by molar-refractivity contribution is 5.39. The maximum absolute atomic E-state index is 5.38. The second-order valence-electron chi connectivity index (χ2n) is 1.51. The van der Waals surface area contributed by atoms with E-state index in [1.165, 1.54) is 0 Å². The minimum atomic E-state index is 0.422. The van der Waals surface area contributed by atoms with Gasteiger partial charge in [0, 0.05) is 6.54 Å². The molecule has 0 saturated carbocycles. The minimum absolute atomic E-state index is 0.422. The molecule has 0 bridgehead atoms. The van der Waals surface area contributed by atoms with Crippen molar-refractivity contribution in [2.75, 3.05) is 5.73 Å². The highest BCUT2D eigenvalue weighted by Crippen LogP contribution is 2.02. The van der Waals surface area contributed by atoms with Gasteiger partial charge in [0.25, 0.3) is 0 Å². The molecule has 0 aromatic carbocycles. The fourth-order valence-electron chi connectivity index (χ4n) is 0.486. The van der Waals surface area contributed by atoms with E-state index < -0.39 is 0 Å². The molecule has 0 amide bonds. The molecule has 1 rings (SSSR count). The van der Waals surface area contributed by atoms with Crippen LogP contribution in [0.3, 0.4) is 0 Å². The van der Waals surface area contributed by atoms with Crippen molar-refractivity contribution in [1.82, 2.24) is 10.2 Å². The van der Waals surface area contributed by atoms with Crippen molar-refractivity contribution in [3.05, 3.63) is 11.9 Å². The number of nitrogen functional groups attached to an aromatic ring is 1. The average Bonchev–Trinajstić information content (AvgIpc) is 2.14. The van der Waals surface area contributed by atoms with Gasteiger partial charge >= 0.3 is 0 Å². The normalized spacial score (nSPS) is 9.62. The fourth-order valence-corrected chi connectivity index (χ4v) is 0.486. The Morgan fingerprint density at radius 3 is 2.75 bits per heavy atom. The molecule has 0 unspecified atom stereocenters. The zero-order valence-corrected chi connectivity index (χ0v) is 4.39. The Hall–Kier alpha value is -1.03. The van der Waals surface area contributed by atoms with E-state index in [0.717, 1.165) is 5.69 Å². The van der Waals surface area contributed by atoms with Crippen LogP contribution < -0.4 is 11.5 Å². The number of nitrogens with one attached hydrogen (secondary N) is 1. The average molecular weight is 112 g/mol. The summed E-state index contributed by atoms with van der Waals surface area (Å²) in [6.07, 6.45) is 1.54. The minimum Gasteiger partial charge on any atom is -0.396 e. The third kappa shape index (κ3) is 0.651. The highest BCUT2D eigenvalue weighted by Gasteiger charge is 1.94. The largest absolute Gasteiger partial charge is 0.396 e. The van der Waals surface area contributed by atoms with Crippen molar-refractivity contribution >= 4 is 5.69 Å². The first kappa shape index (κ1) is 5.11. The van der Waals surface area contributed by atoms with E-state index in [4.69, 9.17) is 11.5 Å².